The maximum Gasteiger partial charge on any atom is 0.414 e. The van der Waals surface area contributed by atoms with Crippen LogP contribution < -0.4 is 10.1 Å². The molecule has 3 aromatic carbocycles. The Bertz CT molecular complexity index is 1390. The molecule has 0 spiro atoms. The van der Waals surface area contributed by atoms with E-state index in [1.165, 1.54) is 19.2 Å². The quantitative estimate of drug-likeness (QED) is 0.436. The largest absolute Gasteiger partial charge is 0.425 e. The predicted molar refractivity (Wildman–Crippen MR) is 120 cm³/mol. The molecule has 6 nitrogen and oxygen atoms in total. The van der Waals surface area contributed by atoms with Crippen LogP contribution in [0.5, 0.6) is 5.95 Å². The molecule has 0 fully saturated rings. The Balaban J connectivity index is 1.86. The minimum absolute atomic E-state index is 0.0178. The summed E-state index contributed by atoms with van der Waals surface area (Å²) < 4.78 is 48.6. The normalized spacial score (nSPS) is 11.5. The fourth-order valence-electron chi connectivity index (χ4n) is 3.35. The van der Waals surface area contributed by atoms with Crippen molar-refractivity contribution in [2.75, 3.05) is 12.8 Å². The fraction of sp³-hybridized carbons (Fsp3) is 0.125. The summed E-state index contributed by atoms with van der Waals surface area (Å²) >= 11 is 0. The minimum atomic E-state index is -3.30. The van der Waals surface area contributed by atoms with Gasteiger partial charge < -0.3 is 14.5 Å². The highest BCUT2D eigenvalue weighted by Crippen LogP contribution is 2.38. The number of hydrogen-bond acceptors (Lipinski definition) is 5. The second kappa shape index (κ2) is 8.47. The maximum atomic E-state index is 13.5. The number of hydrogen-bond donors (Lipinski definition) is 1. The molecule has 1 heterocycles. The molecule has 1 N–H and O–H groups in total. The van der Waals surface area contributed by atoms with Crippen LogP contribution in [0.1, 0.15) is 6.92 Å². The van der Waals surface area contributed by atoms with Gasteiger partial charge in [-0.05, 0) is 53.1 Å². The molecule has 0 saturated carbocycles. The minimum Gasteiger partial charge on any atom is -0.425 e. The molecule has 0 aliphatic heterocycles. The number of sulfone groups is 1. The molecule has 0 radical (unpaired) electrons. The van der Waals surface area contributed by atoms with Crippen molar-refractivity contribution in [2.45, 2.75) is 11.8 Å². The number of rotatable bonds is 5. The van der Waals surface area contributed by atoms with Gasteiger partial charge in [-0.2, -0.15) is 0 Å². The van der Waals surface area contributed by atoms with Gasteiger partial charge >= 0.3 is 6.09 Å². The predicted octanol–water partition coefficient (Wildman–Crippen LogP) is 5.42. The number of nitrogens with one attached hydrogen (secondary N) is 1. The molecule has 0 aliphatic rings. The Labute approximate surface area is 184 Å². The van der Waals surface area contributed by atoms with Crippen LogP contribution in [-0.4, -0.2) is 27.3 Å². The lowest BCUT2D eigenvalue weighted by molar-refractivity contribution is 0.191. The molecular weight excluding hydrogens is 433 g/mol. The number of benzene rings is 3. The third-order valence-corrected chi connectivity index (χ3v) is 6.82. The maximum absolute atomic E-state index is 13.5. The molecule has 0 atom stereocenters. The van der Waals surface area contributed by atoms with Crippen molar-refractivity contribution >= 4 is 26.9 Å². The van der Waals surface area contributed by atoms with Crippen molar-refractivity contribution in [1.29, 1.82) is 0 Å². The summed E-state index contributed by atoms with van der Waals surface area (Å²) in [5.41, 5.74) is 3.45. The second-order valence-corrected chi connectivity index (χ2v) is 9.36. The summed E-state index contributed by atoms with van der Waals surface area (Å²) in [6, 6.07) is 17.9. The molecule has 0 unspecified atom stereocenters. The van der Waals surface area contributed by atoms with Gasteiger partial charge in [-0.15, -0.1) is 0 Å². The zero-order valence-electron chi connectivity index (χ0n) is 17.4. The third kappa shape index (κ3) is 4.22. The number of fused-ring (bicyclic) bond motifs is 1. The van der Waals surface area contributed by atoms with E-state index >= 15 is 0 Å². The first kappa shape index (κ1) is 21.6. The van der Waals surface area contributed by atoms with Crippen LogP contribution >= 0.6 is 0 Å². The Morgan fingerprint density at radius 3 is 2.25 bits per heavy atom. The molecular formula is C24H20FNO5S. The van der Waals surface area contributed by atoms with E-state index in [-0.39, 0.29) is 22.4 Å². The Morgan fingerprint density at radius 2 is 1.62 bits per heavy atom. The van der Waals surface area contributed by atoms with Crippen LogP contribution in [0, 0.1) is 5.82 Å². The van der Waals surface area contributed by atoms with E-state index in [1.807, 2.05) is 12.1 Å². The van der Waals surface area contributed by atoms with Gasteiger partial charge in [0.25, 0.3) is 5.95 Å². The summed E-state index contributed by atoms with van der Waals surface area (Å²) in [4.78, 5) is 11.8. The molecule has 1 amide bonds. The van der Waals surface area contributed by atoms with Crippen LogP contribution in [0.15, 0.2) is 76.0 Å². The first-order valence-corrected chi connectivity index (χ1v) is 11.5. The van der Waals surface area contributed by atoms with Crippen molar-refractivity contribution in [3.8, 4) is 28.2 Å². The van der Waals surface area contributed by atoms with E-state index in [1.54, 1.807) is 49.4 Å². The average molecular weight is 453 g/mol. The molecule has 1 aromatic heterocycles. The van der Waals surface area contributed by atoms with E-state index in [0.29, 0.717) is 22.1 Å². The smallest absolute Gasteiger partial charge is 0.414 e. The summed E-state index contributed by atoms with van der Waals surface area (Å²) in [5.74, 6) is -0.322. The van der Waals surface area contributed by atoms with E-state index in [0.717, 1.165) is 11.1 Å². The van der Waals surface area contributed by atoms with Crippen LogP contribution in [0.25, 0.3) is 33.2 Å². The van der Waals surface area contributed by atoms with Crippen molar-refractivity contribution in [3.63, 3.8) is 0 Å². The Morgan fingerprint density at radius 1 is 0.969 bits per heavy atom. The number of ether oxygens (including phenoxy) is 1. The van der Waals surface area contributed by atoms with Crippen LogP contribution in [0.4, 0.5) is 9.18 Å². The monoisotopic (exact) mass is 453 g/mol. The molecule has 0 saturated heterocycles. The SMILES string of the molecule is CCS(=O)(=O)c1ccc(-c2cc(-c3ccc(F)cc3)c3oc(OC(=O)NC)cc3c2)cc1. The highest BCUT2D eigenvalue weighted by Gasteiger charge is 2.17. The van der Waals surface area contributed by atoms with Crippen LogP contribution in [0.2, 0.25) is 0 Å². The first-order chi connectivity index (χ1) is 15.3. The molecule has 4 aromatic rings. The second-order valence-electron chi connectivity index (χ2n) is 7.08. The number of amides is 1. The molecule has 8 heteroatoms. The zero-order chi connectivity index (χ0) is 22.9. The van der Waals surface area contributed by atoms with Gasteiger partial charge in [-0.3, -0.25) is 0 Å². The van der Waals surface area contributed by atoms with Gasteiger partial charge in [0.05, 0.1) is 10.6 Å². The highest BCUT2D eigenvalue weighted by atomic mass is 32.2. The number of carbonyl (C=O) groups is 1. The molecule has 4 rings (SSSR count). The first-order valence-electron chi connectivity index (χ1n) is 9.87. The van der Waals surface area contributed by atoms with Gasteiger partial charge in [0, 0.05) is 24.1 Å². The van der Waals surface area contributed by atoms with E-state index in [4.69, 9.17) is 9.15 Å². The molecule has 32 heavy (non-hydrogen) atoms. The number of halogens is 1. The fourth-order valence-corrected chi connectivity index (χ4v) is 4.24. The standard InChI is InChI=1S/C24H20FNO5S/c1-3-32(28,29)20-10-6-15(7-11-20)17-12-18-14-22(31-24(27)26-2)30-23(18)21(13-17)16-4-8-19(25)9-5-16/h4-14H,3H2,1-2H3,(H,26,27). The summed E-state index contributed by atoms with van der Waals surface area (Å²) in [6.07, 6.45) is -0.666. The summed E-state index contributed by atoms with van der Waals surface area (Å²) in [6.45, 7) is 1.60. The van der Waals surface area contributed by atoms with Crippen LogP contribution in [-0.2, 0) is 9.84 Å². The lowest BCUT2D eigenvalue weighted by Gasteiger charge is -2.09. The number of carbonyl (C=O) groups excluding carboxylic acids is 1. The summed E-state index contributed by atoms with van der Waals surface area (Å²) in [7, 11) is -1.86. The third-order valence-electron chi connectivity index (χ3n) is 5.07. The van der Waals surface area contributed by atoms with Gasteiger partial charge in [-0.1, -0.05) is 31.2 Å². The van der Waals surface area contributed by atoms with Gasteiger partial charge in [-0.25, -0.2) is 17.6 Å². The zero-order valence-corrected chi connectivity index (χ0v) is 18.2. The van der Waals surface area contributed by atoms with Crippen molar-refractivity contribution in [1.82, 2.24) is 5.32 Å². The van der Waals surface area contributed by atoms with Crippen LogP contribution in [0.3, 0.4) is 0 Å². The van der Waals surface area contributed by atoms with Gasteiger partial charge in [0.1, 0.15) is 11.4 Å². The van der Waals surface area contributed by atoms with Crippen molar-refractivity contribution < 1.29 is 26.8 Å². The number of furan rings is 1. The Kier molecular flexibility index (Phi) is 5.71. The van der Waals surface area contributed by atoms with Crippen molar-refractivity contribution in [3.05, 3.63) is 72.5 Å². The highest BCUT2D eigenvalue weighted by molar-refractivity contribution is 7.91. The molecule has 0 bridgehead atoms. The molecule has 0 aliphatic carbocycles. The topological polar surface area (TPSA) is 85.6 Å². The van der Waals surface area contributed by atoms with Gasteiger partial charge in [0.2, 0.25) is 0 Å². The van der Waals surface area contributed by atoms with E-state index < -0.39 is 15.9 Å². The average Bonchev–Trinajstić information content (AvgIpc) is 3.21. The lowest BCUT2D eigenvalue weighted by Crippen LogP contribution is -2.21. The molecule has 164 valence electrons. The summed E-state index contributed by atoms with van der Waals surface area (Å²) in [5, 5.41) is 3.03. The Hall–Kier alpha value is -3.65. The van der Waals surface area contributed by atoms with Gasteiger partial charge in [0.15, 0.2) is 9.84 Å². The lowest BCUT2D eigenvalue weighted by atomic mass is 9.97. The van der Waals surface area contributed by atoms with E-state index in [9.17, 15) is 17.6 Å². The van der Waals surface area contributed by atoms with E-state index in [2.05, 4.69) is 5.32 Å². The van der Waals surface area contributed by atoms with Crippen molar-refractivity contribution in [2.24, 2.45) is 0 Å².